The Hall–Kier alpha value is -8.55. The van der Waals surface area contributed by atoms with Crippen LogP contribution in [0.15, 0.2) is 48.8 Å². The molecule has 0 saturated carbocycles. The molecule has 2 aromatic rings. The summed E-state index contributed by atoms with van der Waals surface area (Å²) in [6.07, 6.45) is -0.193. The first-order valence-electron chi connectivity index (χ1n) is 31.9. The molecular formula is C64H106N16O15. The number of hydrogen-bond acceptors (Lipinski definition) is 18. The molecule has 532 valence electrons. The van der Waals surface area contributed by atoms with Crippen LogP contribution < -0.4 is 75.7 Å². The van der Waals surface area contributed by atoms with E-state index < -0.39 is 174 Å². The van der Waals surface area contributed by atoms with Crippen molar-refractivity contribution in [3.63, 3.8) is 0 Å². The minimum Gasteiger partial charge on any atom is -0.480 e. The number of hydrogen-bond donors (Lipinski definition) is 19. The number of amides is 10. The molecule has 1 aromatic carbocycles. The van der Waals surface area contributed by atoms with Crippen LogP contribution in [0, 0.1) is 34.0 Å². The molecule has 2 rings (SSSR count). The van der Waals surface area contributed by atoms with Crippen molar-refractivity contribution in [3.05, 3.63) is 59.9 Å². The highest BCUT2D eigenvalue weighted by molar-refractivity contribution is 5.99. The molecule has 0 bridgehead atoms. The second-order valence-corrected chi connectivity index (χ2v) is 27.2. The number of pyridine rings is 1. The Bertz CT molecular complexity index is 2900. The fourth-order valence-corrected chi connectivity index (χ4v) is 9.82. The Morgan fingerprint density at radius 3 is 1.63 bits per heavy atom. The lowest BCUT2D eigenvalue weighted by Crippen LogP contribution is -2.63. The van der Waals surface area contributed by atoms with Crippen LogP contribution in [0.5, 0.6) is 0 Å². The molecule has 0 spiro atoms. The number of rotatable bonds is 39. The first-order valence-corrected chi connectivity index (χ1v) is 31.9. The van der Waals surface area contributed by atoms with Gasteiger partial charge in [0, 0.05) is 37.5 Å². The summed E-state index contributed by atoms with van der Waals surface area (Å²) in [7, 11) is 0. The summed E-state index contributed by atoms with van der Waals surface area (Å²) in [5, 5.41) is 77.0. The largest absolute Gasteiger partial charge is 0.480 e. The minimum absolute atomic E-state index is 0.0396. The third kappa shape index (κ3) is 30.6. The Labute approximate surface area is 556 Å². The van der Waals surface area contributed by atoms with Crippen molar-refractivity contribution in [3.8, 4) is 0 Å². The molecule has 10 amide bonds. The van der Waals surface area contributed by atoms with Crippen molar-refractivity contribution in [1.29, 1.82) is 5.41 Å². The maximum absolute atomic E-state index is 14.7. The van der Waals surface area contributed by atoms with E-state index in [9.17, 15) is 73.2 Å². The molecule has 0 aliphatic carbocycles. The summed E-state index contributed by atoms with van der Waals surface area (Å²) in [5.41, 5.74) is 18.4. The van der Waals surface area contributed by atoms with Crippen molar-refractivity contribution >= 4 is 76.7 Å². The second-order valence-electron chi connectivity index (χ2n) is 27.2. The zero-order valence-corrected chi connectivity index (χ0v) is 57.0. The Morgan fingerprint density at radius 2 is 1.09 bits per heavy atom. The average Bonchev–Trinajstić information content (AvgIpc) is 0.946. The van der Waals surface area contributed by atoms with Crippen LogP contribution in [0.3, 0.4) is 0 Å². The Morgan fingerprint density at radius 1 is 0.589 bits per heavy atom. The number of aliphatic carboxylic acids is 1. The van der Waals surface area contributed by atoms with Gasteiger partial charge in [-0.2, -0.15) is 0 Å². The smallest absolute Gasteiger partial charge is 0.328 e. The summed E-state index contributed by atoms with van der Waals surface area (Å²) in [6.45, 7) is 20.7. The molecule has 0 radical (unpaired) electrons. The minimum atomic E-state index is -1.77. The van der Waals surface area contributed by atoms with Gasteiger partial charge in [-0.1, -0.05) is 108 Å². The van der Waals surface area contributed by atoms with E-state index in [0.29, 0.717) is 23.2 Å². The highest BCUT2D eigenvalue weighted by Gasteiger charge is 2.40. The summed E-state index contributed by atoms with van der Waals surface area (Å²) in [4.78, 5) is 156. The van der Waals surface area contributed by atoms with Gasteiger partial charge in [0.2, 0.25) is 59.1 Å². The summed E-state index contributed by atoms with van der Waals surface area (Å²) < 4.78 is 0. The number of aliphatic hydroxyl groups excluding tert-OH is 3. The molecule has 22 N–H and O–H groups in total. The number of carbonyl (C=O) groups excluding carboxylic acids is 10. The lowest BCUT2D eigenvalue weighted by molar-refractivity contribution is -0.143. The standard InChI is InChI=1S/C64H106N16O15/c1-14-35(6)48(59(92)79-49(36(7)82)58(91)71-31-47(83)72-43(27-38-19-16-22-69-30-38)55(88)77-46(32-81)61(94)95)78-53(86)41(21-17-23-70-62(67)68)73-54(87)42(24-33(2)3)75-60(93)50(51(84)34(4)5)80-56(89)44(26-37-18-15-20-39(65)25-37)74-57(90)45(29-64(11,12)13)76-52(85)40(66)28-63(8,9)10/h15-16,18-20,22,25,30,33-36,40-46,48-51,81-82,84H,14,17,21,23-24,26-29,31-32,65-66H2,1-13H3,(H,71,91)(H,72,83)(H,73,87)(H,74,90)(H,75,93)(H,76,85)(H,77,88)(H,78,86)(H,79,92)(H,80,89)(H,94,95)(H4,67,68,70)/t35-,36-,40+,41+,42-,43-,44-,45-,46-,48-,49-,50-,51?/m0/s1. The predicted octanol–water partition coefficient (Wildman–Crippen LogP) is -2.04. The van der Waals surface area contributed by atoms with Crippen LogP contribution in [0.2, 0.25) is 0 Å². The number of aromatic nitrogens is 1. The number of carboxylic acids is 1. The number of nitrogens with one attached hydrogen (secondary N) is 12. The van der Waals surface area contributed by atoms with Gasteiger partial charge in [0.1, 0.15) is 54.4 Å². The molecule has 0 fully saturated rings. The van der Waals surface area contributed by atoms with Gasteiger partial charge in [0.05, 0.1) is 31.4 Å². The highest BCUT2D eigenvalue weighted by atomic mass is 16.4. The van der Waals surface area contributed by atoms with Crippen LogP contribution in [-0.4, -0.2) is 189 Å². The topological polar surface area (TPSA) is 516 Å². The quantitative estimate of drug-likeness (QED) is 0.0148. The third-order valence-corrected chi connectivity index (χ3v) is 15.1. The van der Waals surface area contributed by atoms with Gasteiger partial charge in [-0.3, -0.25) is 58.3 Å². The van der Waals surface area contributed by atoms with Crippen molar-refractivity contribution in [2.24, 2.45) is 40.1 Å². The third-order valence-electron chi connectivity index (χ3n) is 15.1. The maximum atomic E-state index is 14.7. The Kier molecular flexibility index (Phi) is 34.2. The zero-order chi connectivity index (χ0) is 72.2. The number of aliphatic hydroxyl groups is 3. The van der Waals surface area contributed by atoms with Crippen LogP contribution in [-0.2, 0) is 65.6 Å². The first kappa shape index (κ1) is 82.5. The van der Waals surface area contributed by atoms with Crippen LogP contribution >= 0.6 is 0 Å². The van der Waals surface area contributed by atoms with Gasteiger partial charge in [-0.05, 0) is 96.9 Å². The molecule has 0 aliphatic heterocycles. The van der Waals surface area contributed by atoms with E-state index in [2.05, 4.69) is 63.5 Å². The van der Waals surface area contributed by atoms with Crippen LogP contribution in [0.4, 0.5) is 5.69 Å². The molecule has 95 heavy (non-hydrogen) atoms. The summed E-state index contributed by atoms with van der Waals surface area (Å²) >= 11 is 0. The number of anilines is 1. The van der Waals surface area contributed by atoms with E-state index in [1.54, 1.807) is 77.9 Å². The van der Waals surface area contributed by atoms with E-state index in [-0.39, 0.29) is 62.8 Å². The van der Waals surface area contributed by atoms with Gasteiger partial charge in [-0.25, -0.2) is 4.79 Å². The molecule has 0 aliphatic rings. The number of carbonyl (C=O) groups is 11. The lowest BCUT2D eigenvalue weighted by atomic mass is 9.86. The number of benzene rings is 1. The average molecular weight is 1340 g/mol. The molecule has 1 heterocycles. The van der Waals surface area contributed by atoms with Crippen LogP contribution in [0.25, 0.3) is 0 Å². The summed E-state index contributed by atoms with van der Waals surface area (Å²) in [5.74, 6) is -12.8. The molecule has 1 unspecified atom stereocenters. The van der Waals surface area contributed by atoms with Crippen molar-refractivity contribution in [2.75, 3.05) is 25.4 Å². The fraction of sp³-hybridized carbons (Fsp3) is 0.641. The van der Waals surface area contributed by atoms with E-state index in [0.717, 1.165) is 0 Å². The first-order chi connectivity index (χ1) is 44.2. The zero-order valence-electron chi connectivity index (χ0n) is 57.0. The second kappa shape index (κ2) is 39.3. The molecule has 0 saturated heterocycles. The van der Waals surface area contributed by atoms with E-state index in [1.807, 2.05) is 41.5 Å². The number of nitrogen functional groups attached to an aromatic ring is 1. The van der Waals surface area contributed by atoms with Gasteiger partial charge in [0.15, 0.2) is 5.96 Å². The number of nitrogens with zero attached hydrogens (tertiary/aromatic N) is 1. The van der Waals surface area contributed by atoms with Crippen molar-refractivity contribution in [1.82, 2.24) is 63.5 Å². The maximum Gasteiger partial charge on any atom is 0.328 e. The van der Waals surface area contributed by atoms with Gasteiger partial charge in [-0.15, -0.1) is 0 Å². The fourth-order valence-electron chi connectivity index (χ4n) is 9.82. The monoisotopic (exact) mass is 1340 g/mol. The molecular weight excluding hydrogens is 1230 g/mol. The molecule has 13 atom stereocenters. The lowest BCUT2D eigenvalue weighted by Gasteiger charge is -2.32. The van der Waals surface area contributed by atoms with Crippen molar-refractivity contribution in [2.45, 2.75) is 214 Å². The van der Waals surface area contributed by atoms with Gasteiger partial charge < -0.3 is 96.1 Å². The van der Waals surface area contributed by atoms with E-state index in [4.69, 9.17) is 22.6 Å². The highest BCUT2D eigenvalue weighted by Crippen LogP contribution is 2.24. The number of carboxylic acid groups (broad SMARTS) is 1. The number of guanidine groups is 1. The Balaban J connectivity index is 2.52. The van der Waals surface area contributed by atoms with Gasteiger partial charge >= 0.3 is 5.97 Å². The SMILES string of the molecule is CC[C@H](C)[C@H](NC(=O)[C@@H](CCCNC(=N)N)NC(=O)[C@H](CC(C)C)NC(=O)[C@@H](NC(=O)[C@H](Cc1cccc(N)c1)NC(=O)[C@H](CC(C)(C)C)NC(=O)[C@H](N)CC(C)(C)C)C(O)C(C)C)C(=O)N[C@H](C(=O)NCC(=O)N[C@@H](Cc1cccnc1)C(=O)N[C@@H](CO)C(=O)O)[C@H](C)O. The molecule has 31 nitrogen and oxygen atoms in total. The predicted molar refractivity (Wildman–Crippen MR) is 354 cm³/mol. The van der Waals surface area contributed by atoms with Crippen molar-refractivity contribution < 1.29 is 73.2 Å². The van der Waals surface area contributed by atoms with E-state index in [1.165, 1.54) is 19.3 Å². The molecule has 31 heteroatoms. The van der Waals surface area contributed by atoms with Gasteiger partial charge in [0.25, 0.3) is 0 Å². The van der Waals surface area contributed by atoms with E-state index >= 15 is 0 Å². The normalized spacial score (nSPS) is 15.7. The van der Waals surface area contributed by atoms with Crippen LogP contribution in [0.1, 0.15) is 140 Å². The molecule has 1 aromatic heterocycles. The number of nitrogens with two attached hydrogens (primary N) is 3. The summed E-state index contributed by atoms with van der Waals surface area (Å²) in [6, 6.07) is -5.02.